The van der Waals surface area contributed by atoms with Crippen LogP contribution in [0, 0.1) is 17.8 Å². The van der Waals surface area contributed by atoms with E-state index in [0.717, 1.165) is 0 Å². The summed E-state index contributed by atoms with van der Waals surface area (Å²) >= 11 is 0. The number of nitrogens with two attached hydrogens (primary N) is 1. The summed E-state index contributed by atoms with van der Waals surface area (Å²) < 4.78 is 21.6. The van der Waals surface area contributed by atoms with Crippen LogP contribution in [0.1, 0.15) is 86.1 Å². The molecule has 0 heterocycles. The van der Waals surface area contributed by atoms with Gasteiger partial charge in [-0.25, -0.2) is 0 Å². The van der Waals surface area contributed by atoms with Gasteiger partial charge in [0.15, 0.2) is 11.5 Å². The zero-order valence-electron chi connectivity index (χ0n) is 24.1. The van der Waals surface area contributed by atoms with Crippen molar-refractivity contribution in [1.82, 2.24) is 0 Å². The fourth-order valence-electron chi connectivity index (χ4n) is 3.62. The molecule has 0 amide bonds. The lowest BCUT2D eigenvalue weighted by Gasteiger charge is -2.29. The van der Waals surface area contributed by atoms with Gasteiger partial charge < -0.3 is 24.7 Å². The third-order valence-corrected chi connectivity index (χ3v) is 6.48. The van der Waals surface area contributed by atoms with Crippen molar-refractivity contribution in [3.05, 3.63) is 23.8 Å². The van der Waals surface area contributed by atoms with Crippen LogP contribution in [0.15, 0.2) is 18.2 Å². The Bertz CT molecular complexity index is 960. The molecule has 4 atom stereocenters. The molecule has 0 bridgehead atoms. The molecule has 0 fully saturated rings. The number of benzene rings is 1. The minimum atomic E-state index is -1.53. The van der Waals surface area contributed by atoms with Crippen molar-refractivity contribution in [2.24, 2.45) is 23.5 Å². The normalized spacial score (nSPS) is 15.1. The van der Waals surface area contributed by atoms with Crippen molar-refractivity contribution in [3.63, 3.8) is 0 Å². The van der Waals surface area contributed by atoms with Gasteiger partial charge in [0, 0.05) is 19.3 Å². The quantitative estimate of drug-likeness (QED) is 0.249. The minimum Gasteiger partial charge on any atom is -0.468 e. The number of hydrogen-bond donors (Lipinski definition) is 1. The summed E-state index contributed by atoms with van der Waals surface area (Å²) in [6, 6.07) is 4.69. The predicted octanol–water partition coefficient (Wildman–Crippen LogP) is 4.76. The van der Waals surface area contributed by atoms with Gasteiger partial charge in [-0.15, -0.1) is 0 Å². The Morgan fingerprint density at radius 3 is 1.95 bits per heavy atom. The molecule has 0 saturated heterocycles. The second-order valence-corrected chi connectivity index (χ2v) is 10.5. The highest BCUT2D eigenvalue weighted by atomic mass is 16.6. The topological polar surface area (TPSA) is 131 Å². The molecule has 0 spiro atoms. The second kappa shape index (κ2) is 15.5. The fourth-order valence-corrected chi connectivity index (χ4v) is 3.62. The summed E-state index contributed by atoms with van der Waals surface area (Å²) in [5.74, 6) is -2.14. The number of carbonyl (C=O) groups is 4. The number of rotatable bonds is 15. The average molecular weight is 536 g/mol. The van der Waals surface area contributed by atoms with Crippen LogP contribution in [0.5, 0.6) is 11.5 Å². The van der Waals surface area contributed by atoms with Crippen molar-refractivity contribution in [3.8, 4) is 11.5 Å². The van der Waals surface area contributed by atoms with E-state index in [-0.39, 0.29) is 48.6 Å². The highest BCUT2D eigenvalue weighted by Crippen LogP contribution is 2.32. The summed E-state index contributed by atoms with van der Waals surface area (Å²) in [5, 5.41) is 0. The molecule has 3 unspecified atom stereocenters. The molecule has 0 aromatic heterocycles. The lowest BCUT2D eigenvalue weighted by molar-refractivity contribution is -0.155. The molecule has 0 saturated carbocycles. The standard InChI is InChI=1S/C29H45NO8/c1-9-19(5)26(32)37-23-13-12-22(15-24(23)38-27(33)20(6)10-2)17-29(30,28(34)35-8)16-21(7)36-25(31)14-11-18(3)4/h12-13,15,18-21H,9-11,14,16-17,30H2,1-8H3/t19?,20?,21?,29-/m1/s1. The van der Waals surface area contributed by atoms with Crippen LogP contribution in [0.4, 0.5) is 0 Å². The molecule has 1 aromatic rings. The molecule has 1 aromatic carbocycles. The second-order valence-electron chi connectivity index (χ2n) is 10.5. The lowest BCUT2D eigenvalue weighted by Crippen LogP contribution is -2.53. The average Bonchev–Trinajstić information content (AvgIpc) is 2.86. The number of esters is 4. The van der Waals surface area contributed by atoms with Crippen LogP contribution in [-0.2, 0) is 35.1 Å². The molecule has 0 radical (unpaired) electrons. The summed E-state index contributed by atoms with van der Waals surface area (Å²) in [7, 11) is 1.24. The molecule has 2 N–H and O–H groups in total. The summed E-state index contributed by atoms with van der Waals surface area (Å²) in [5.41, 5.74) is 5.54. The highest BCUT2D eigenvalue weighted by molar-refractivity contribution is 5.81. The van der Waals surface area contributed by atoms with Crippen molar-refractivity contribution in [1.29, 1.82) is 0 Å². The van der Waals surface area contributed by atoms with Crippen molar-refractivity contribution < 1.29 is 38.1 Å². The molecule has 9 heteroatoms. The Hall–Kier alpha value is -2.94. The molecular weight excluding hydrogens is 490 g/mol. The molecule has 1 rings (SSSR count). The first-order valence-corrected chi connectivity index (χ1v) is 13.4. The SMILES string of the molecule is CCC(C)C(=O)Oc1ccc(C[C@](N)(CC(C)OC(=O)CCC(C)C)C(=O)OC)cc1OC(=O)C(C)CC. The zero-order valence-corrected chi connectivity index (χ0v) is 24.1. The lowest BCUT2D eigenvalue weighted by atomic mass is 9.86. The van der Waals surface area contributed by atoms with E-state index in [2.05, 4.69) is 0 Å². The maximum atomic E-state index is 12.7. The van der Waals surface area contributed by atoms with E-state index >= 15 is 0 Å². The third kappa shape index (κ3) is 10.4. The van der Waals surface area contributed by atoms with Gasteiger partial charge >= 0.3 is 23.9 Å². The van der Waals surface area contributed by atoms with E-state index in [1.54, 1.807) is 26.8 Å². The van der Waals surface area contributed by atoms with Gasteiger partial charge in [-0.05, 0) is 49.8 Å². The van der Waals surface area contributed by atoms with Crippen LogP contribution in [-0.4, -0.2) is 42.6 Å². The predicted molar refractivity (Wildman–Crippen MR) is 144 cm³/mol. The summed E-state index contributed by atoms with van der Waals surface area (Å²) in [6.45, 7) is 12.9. The van der Waals surface area contributed by atoms with Crippen LogP contribution in [0.25, 0.3) is 0 Å². The Balaban J connectivity index is 3.24. The Morgan fingerprint density at radius 1 is 0.895 bits per heavy atom. The Labute approximate surface area is 226 Å². The Kier molecular flexibility index (Phi) is 13.5. The minimum absolute atomic E-state index is 0.00102. The molecular formula is C29H45NO8. The van der Waals surface area contributed by atoms with E-state index in [4.69, 9.17) is 24.7 Å². The Morgan fingerprint density at radius 2 is 1.45 bits per heavy atom. The van der Waals surface area contributed by atoms with Gasteiger partial charge in [-0.2, -0.15) is 0 Å². The van der Waals surface area contributed by atoms with Crippen LogP contribution in [0.2, 0.25) is 0 Å². The maximum absolute atomic E-state index is 12.7. The molecule has 214 valence electrons. The van der Waals surface area contributed by atoms with E-state index in [1.807, 2.05) is 27.7 Å². The third-order valence-electron chi connectivity index (χ3n) is 6.48. The first-order chi connectivity index (χ1) is 17.8. The first kappa shape index (κ1) is 33.1. The molecule has 0 aliphatic heterocycles. The largest absolute Gasteiger partial charge is 0.468 e. The van der Waals surface area contributed by atoms with Crippen LogP contribution >= 0.6 is 0 Å². The molecule has 0 aliphatic rings. The van der Waals surface area contributed by atoms with E-state index in [1.165, 1.54) is 19.2 Å². The highest BCUT2D eigenvalue weighted by Gasteiger charge is 2.38. The molecule has 38 heavy (non-hydrogen) atoms. The number of methoxy groups -OCH3 is 1. The zero-order chi connectivity index (χ0) is 29.0. The number of ether oxygens (including phenoxy) is 4. The van der Waals surface area contributed by atoms with Crippen LogP contribution < -0.4 is 15.2 Å². The smallest absolute Gasteiger partial charge is 0.326 e. The van der Waals surface area contributed by atoms with Crippen molar-refractivity contribution >= 4 is 23.9 Å². The van der Waals surface area contributed by atoms with Gasteiger partial charge in [-0.1, -0.05) is 47.6 Å². The molecule has 0 aliphatic carbocycles. The summed E-state index contributed by atoms with van der Waals surface area (Å²) in [6.07, 6.45) is 1.51. The number of hydrogen-bond acceptors (Lipinski definition) is 9. The fraction of sp³-hybridized carbons (Fsp3) is 0.655. The van der Waals surface area contributed by atoms with Gasteiger partial charge in [-0.3, -0.25) is 19.2 Å². The first-order valence-electron chi connectivity index (χ1n) is 13.4. The monoisotopic (exact) mass is 535 g/mol. The summed E-state index contributed by atoms with van der Waals surface area (Å²) in [4.78, 5) is 49.9. The van der Waals surface area contributed by atoms with Gasteiger partial charge in [0.1, 0.15) is 11.6 Å². The van der Waals surface area contributed by atoms with Gasteiger partial charge in [0.05, 0.1) is 18.9 Å². The van der Waals surface area contributed by atoms with Crippen LogP contribution in [0.3, 0.4) is 0 Å². The van der Waals surface area contributed by atoms with E-state index in [0.29, 0.717) is 30.7 Å². The van der Waals surface area contributed by atoms with Crippen molar-refractivity contribution in [2.75, 3.05) is 7.11 Å². The van der Waals surface area contributed by atoms with E-state index < -0.39 is 29.6 Å². The van der Waals surface area contributed by atoms with E-state index in [9.17, 15) is 19.2 Å². The van der Waals surface area contributed by atoms with Gasteiger partial charge in [0.25, 0.3) is 0 Å². The van der Waals surface area contributed by atoms with Crippen molar-refractivity contribution in [2.45, 2.75) is 98.6 Å². The molecule has 9 nitrogen and oxygen atoms in total. The number of carbonyl (C=O) groups excluding carboxylic acids is 4. The van der Waals surface area contributed by atoms with Gasteiger partial charge in [0.2, 0.25) is 0 Å². The maximum Gasteiger partial charge on any atom is 0.326 e.